The van der Waals surface area contributed by atoms with E-state index in [-0.39, 0.29) is 46.2 Å². The van der Waals surface area contributed by atoms with E-state index in [1.165, 1.54) is 20.8 Å². The maximum atomic E-state index is 12.4. The van der Waals surface area contributed by atoms with Crippen molar-refractivity contribution in [1.29, 1.82) is 0 Å². The Morgan fingerprint density at radius 2 is 1.03 bits per heavy atom. The molecule has 0 amide bonds. The van der Waals surface area contributed by atoms with Crippen LogP contribution in [0.2, 0.25) is 0 Å². The summed E-state index contributed by atoms with van der Waals surface area (Å²) in [6, 6.07) is 0. The lowest BCUT2D eigenvalue weighted by atomic mass is 9.90. The van der Waals surface area contributed by atoms with Gasteiger partial charge >= 0.3 is 0 Å². The van der Waals surface area contributed by atoms with Crippen molar-refractivity contribution in [3.05, 3.63) is 33.4 Å². The van der Waals surface area contributed by atoms with Crippen LogP contribution in [0.5, 0.6) is 34.5 Å². The third kappa shape index (κ3) is 3.60. The van der Waals surface area contributed by atoms with Crippen LogP contribution in [0.1, 0.15) is 76.1 Å². The molecule has 0 bridgehead atoms. The Labute approximate surface area is 173 Å². The minimum atomic E-state index is -0.687. The highest BCUT2D eigenvalue weighted by atomic mass is 16.3. The van der Waals surface area contributed by atoms with Gasteiger partial charge in [0.1, 0.15) is 45.6 Å². The first-order valence-corrected chi connectivity index (χ1v) is 9.58. The van der Waals surface area contributed by atoms with Crippen molar-refractivity contribution in [3.63, 3.8) is 0 Å². The summed E-state index contributed by atoms with van der Waals surface area (Å²) >= 11 is 0. The highest BCUT2D eigenvalue weighted by Crippen LogP contribution is 2.47. The maximum Gasteiger partial charge on any atom is 0.170 e. The number of hydrogen-bond acceptors (Lipinski definition) is 8. The third-order valence-corrected chi connectivity index (χ3v) is 5.22. The molecule has 6 N–H and O–H groups in total. The number of aromatic hydroxyl groups is 6. The largest absolute Gasteiger partial charge is 0.507 e. The number of carbonyl (C=O) groups is 2. The molecule has 2 aromatic rings. The van der Waals surface area contributed by atoms with Gasteiger partial charge in [-0.25, -0.2) is 0 Å². The summed E-state index contributed by atoms with van der Waals surface area (Å²) in [6.07, 6.45) is 0.0339. The van der Waals surface area contributed by atoms with Gasteiger partial charge in [-0.1, -0.05) is 13.8 Å². The SMILES string of the molecule is CCCC(=O)c1c(O)c(C)c(O)c(Cc2c(O)c(C)c(O)c(C(=O)CC)c2O)c1O. The molecule has 0 aliphatic heterocycles. The molecule has 0 heterocycles. The maximum absolute atomic E-state index is 12.4. The first kappa shape index (κ1) is 22.9. The van der Waals surface area contributed by atoms with Gasteiger partial charge in [0.05, 0.1) is 0 Å². The summed E-state index contributed by atoms with van der Waals surface area (Å²) in [4.78, 5) is 24.6. The van der Waals surface area contributed by atoms with E-state index >= 15 is 0 Å². The zero-order chi connectivity index (χ0) is 22.9. The number of ketones is 2. The van der Waals surface area contributed by atoms with Gasteiger partial charge in [0.25, 0.3) is 0 Å². The van der Waals surface area contributed by atoms with Gasteiger partial charge in [-0.2, -0.15) is 0 Å². The third-order valence-electron chi connectivity index (χ3n) is 5.22. The summed E-state index contributed by atoms with van der Waals surface area (Å²) < 4.78 is 0. The number of carbonyl (C=O) groups excluding carboxylic acids is 2. The Morgan fingerprint density at radius 3 is 1.40 bits per heavy atom. The van der Waals surface area contributed by atoms with Gasteiger partial charge in [-0.3, -0.25) is 9.59 Å². The number of benzene rings is 2. The number of phenols is 6. The second-order valence-electron chi connectivity index (χ2n) is 7.18. The van der Waals surface area contributed by atoms with Crippen molar-refractivity contribution >= 4 is 11.6 Å². The quantitative estimate of drug-likeness (QED) is 0.372. The molecule has 0 aliphatic carbocycles. The fraction of sp³-hybridized carbons (Fsp3) is 0.364. The van der Waals surface area contributed by atoms with Crippen molar-refractivity contribution in [1.82, 2.24) is 0 Å². The van der Waals surface area contributed by atoms with Crippen LogP contribution in [0.4, 0.5) is 0 Å². The van der Waals surface area contributed by atoms with E-state index in [9.17, 15) is 40.2 Å². The van der Waals surface area contributed by atoms with Crippen molar-refractivity contribution in [2.45, 2.75) is 53.4 Å². The standard InChI is InChI=1S/C22H26O8/c1-5-7-14(24)16-20(28)10(4)18(26)12(22(16)30)8-11-17(25)9(3)19(27)15(21(11)29)13(23)6-2/h25-30H,5-8H2,1-4H3. The Balaban J connectivity index is 2.79. The molecule has 0 atom stereocenters. The zero-order valence-corrected chi connectivity index (χ0v) is 17.3. The zero-order valence-electron chi connectivity index (χ0n) is 17.3. The van der Waals surface area contributed by atoms with Crippen LogP contribution in [0, 0.1) is 13.8 Å². The minimum absolute atomic E-state index is 0.0186. The summed E-state index contributed by atoms with van der Waals surface area (Å²) in [5.41, 5.74) is -1.28. The second-order valence-corrected chi connectivity index (χ2v) is 7.18. The lowest BCUT2D eigenvalue weighted by Gasteiger charge is -2.19. The first-order chi connectivity index (χ1) is 14.0. The molecular formula is C22H26O8. The van der Waals surface area contributed by atoms with Gasteiger partial charge in [-0.15, -0.1) is 0 Å². The molecule has 2 aromatic carbocycles. The molecule has 0 saturated carbocycles. The molecule has 0 spiro atoms. The van der Waals surface area contributed by atoms with Gasteiger partial charge in [0.15, 0.2) is 11.6 Å². The van der Waals surface area contributed by atoms with Crippen LogP contribution in [0.15, 0.2) is 0 Å². The molecule has 8 nitrogen and oxygen atoms in total. The fourth-order valence-electron chi connectivity index (χ4n) is 3.37. The molecule has 0 aromatic heterocycles. The van der Waals surface area contributed by atoms with Crippen molar-refractivity contribution in [2.75, 3.05) is 0 Å². The van der Waals surface area contributed by atoms with Crippen molar-refractivity contribution < 1.29 is 40.2 Å². The van der Waals surface area contributed by atoms with E-state index in [4.69, 9.17) is 0 Å². The molecule has 0 unspecified atom stereocenters. The average Bonchev–Trinajstić information content (AvgIpc) is 2.70. The highest BCUT2D eigenvalue weighted by Gasteiger charge is 2.29. The Morgan fingerprint density at radius 1 is 0.633 bits per heavy atom. The smallest absolute Gasteiger partial charge is 0.170 e. The van der Waals surface area contributed by atoms with E-state index < -0.39 is 52.5 Å². The molecule has 0 saturated heterocycles. The van der Waals surface area contributed by atoms with E-state index in [0.29, 0.717) is 6.42 Å². The second kappa shape index (κ2) is 8.52. The van der Waals surface area contributed by atoms with Crippen LogP contribution in [-0.4, -0.2) is 42.2 Å². The Hall–Kier alpha value is -3.42. The molecule has 162 valence electrons. The normalized spacial score (nSPS) is 10.9. The summed E-state index contributed by atoms with van der Waals surface area (Å²) in [6.45, 7) is 5.99. The lowest BCUT2D eigenvalue weighted by molar-refractivity contribution is 0.0970. The van der Waals surface area contributed by atoms with Crippen LogP contribution in [0.25, 0.3) is 0 Å². The molecule has 8 heteroatoms. The fourth-order valence-corrected chi connectivity index (χ4v) is 3.37. The van der Waals surface area contributed by atoms with Gasteiger partial charge in [-0.05, 0) is 20.3 Å². The van der Waals surface area contributed by atoms with E-state index in [0.717, 1.165) is 0 Å². The predicted molar refractivity (Wildman–Crippen MR) is 109 cm³/mol. The van der Waals surface area contributed by atoms with E-state index in [1.54, 1.807) is 6.92 Å². The Kier molecular flexibility index (Phi) is 6.50. The monoisotopic (exact) mass is 418 g/mol. The molecule has 2 rings (SSSR count). The average molecular weight is 418 g/mol. The summed E-state index contributed by atoms with van der Waals surface area (Å²) in [7, 11) is 0. The van der Waals surface area contributed by atoms with Crippen molar-refractivity contribution in [2.24, 2.45) is 0 Å². The van der Waals surface area contributed by atoms with E-state index in [1.807, 2.05) is 0 Å². The highest BCUT2D eigenvalue weighted by molar-refractivity contribution is 6.03. The lowest BCUT2D eigenvalue weighted by Crippen LogP contribution is -2.06. The Bertz CT molecular complexity index is 1040. The topological polar surface area (TPSA) is 156 Å². The first-order valence-electron chi connectivity index (χ1n) is 9.58. The number of hydrogen-bond donors (Lipinski definition) is 6. The van der Waals surface area contributed by atoms with Crippen molar-refractivity contribution in [3.8, 4) is 34.5 Å². The predicted octanol–water partition coefficient (Wildman–Crippen LogP) is 3.70. The number of rotatable bonds is 7. The van der Waals surface area contributed by atoms with Crippen LogP contribution < -0.4 is 0 Å². The van der Waals surface area contributed by atoms with Gasteiger partial charge in [0.2, 0.25) is 0 Å². The van der Waals surface area contributed by atoms with E-state index in [2.05, 4.69) is 0 Å². The molecule has 0 radical (unpaired) electrons. The molecule has 30 heavy (non-hydrogen) atoms. The number of Topliss-reactive ketones (excluding diaryl/α,β-unsaturated/α-hetero) is 2. The molecular weight excluding hydrogens is 392 g/mol. The molecule has 0 fully saturated rings. The van der Waals surface area contributed by atoms with Gasteiger partial charge < -0.3 is 30.6 Å². The minimum Gasteiger partial charge on any atom is -0.507 e. The summed E-state index contributed by atoms with van der Waals surface area (Å²) in [5.74, 6) is -4.62. The van der Waals surface area contributed by atoms with Crippen LogP contribution >= 0.6 is 0 Å². The summed E-state index contributed by atoms with van der Waals surface area (Å²) in [5, 5.41) is 62.6. The van der Waals surface area contributed by atoms with Crippen LogP contribution in [0.3, 0.4) is 0 Å². The van der Waals surface area contributed by atoms with Crippen LogP contribution in [-0.2, 0) is 6.42 Å². The van der Waals surface area contributed by atoms with Gasteiger partial charge in [0, 0.05) is 41.5 Å². The number of phenolic OH excluding ortho intramolecular Hbond substituents is 6. The molecule has 0 aliphatic rings.